The van der Waals surface area contributed by atoms with Crippen LogP contribution < -0.4 is 21.3 Å². The third-order valence-corrected chi connectivity index (χ3v) is 8.90. The van der Waals surface area contributed by atoms with E-state index < -0.39 is 17.1 Å². The van der Waals surface area contributed by atoms with Crippen molar-refractivity contribution >= 4 is 69.4 Å². The van der Waals surface area contributed by atoms with E-state index in [1.807, 2.05) is 72.8 Å². The van der Waals surface area contributed by atoms with Crippen molar-refractivity contribution in [2.75, 3.05) is 16.0 Å². The average Bonchev–Trinajstić information content (AvgIpc) is 3.55. The van der Waals surface area contributed by atoms with E-state index in [1.54, 1.807) is 72.9 Å². The Labute approximate surface area is 293 Å². The first kappa shape index (κ1) is 33.5. The lowest BCUT2D eigenvalue weighted by Gasteiger charge is -2.18. The van der Waals surface area contributed by atoms with Crippen LogP contribution in [0.25, 0.3) is 17.0 Å². The lowest BCUT2D eigenvalue weighted by atomic mass is 10.1. The average molecular weight is 680 g/mol. The Balaban J connectivity index is 1.19. The number of benzene rings is 5. The molecule has 1 aromatic heterocycles. The van der Waals surface area contributed by atoms with Gasteiger partial charge in [0.2, 0.25) is 11.8 Å². The zero-order valence-electron chi connectivity index (χ0n) is 27.0. The van der Waals surface area contributed by atoms with Crippen LogP contribution in [0.4, 0.5) is 17.1 Å². The lowest BCUT2D eigenvalue weighted by molar-refractivity contribution is -0.116. The van der Waals surface area contributed by atoms with Crippen LogP contribution in [0.3, 0.4) is 0 Å². The largest absolute Gasteiger partial charge is 0.361 e. The molecule has 9 nitrogen and oxygen atoms in total. The third kappa shape index (κ3) is 8.55. The van der Waals surface area contributed by atoms with Gasteiger partial charge < -0.3 is 26.3 Å². The highest BCUT2D eigenvalue weighted by Crippen LogP contribution is 2.37. The summed E-state index contributed by atoms with van der Waals surface area (Å²) in [6, 6.07) is 40.0. The zero-order valence-corrected chi connectivity index (χ0v) is 27.8. The fourth-order valence-corrected chi connectivity index (χ4v) is 6.24. The van der Waals surface area contributed by atoms with Gasteiger partial charge in [0.25, 0.3) is 11.8 Å². The van der Waals surface area contributed by atoms with Crippen LogP contribution in [0.2, 0.25) is 0 Å². The molecule has 0 aliphatic rings. The van der Waals surface area contributed by atoms with Gasteiger partial charge in [-0.15, -0.1) is 11.8 Å². The SMILES string of the molecule is CC(=O)Nc1ccc(NC(=O)C(Sc2ccc(NC(=O)/C(=C/c3c[nH]c4ccccc34)NC(=O)c3ccccc3)cc2)c2ccccc2)cc1. The normalized spacial score (nSPS) is 11.7. The molecule has 5 N–H and O–H groups in total. The summed E-state index contributed by atoms with van der Waals surface area (Å²) >= 11 is 1.37. The fraction of sp³-hybridized carbons (Fsp3) is 0.0500. The lowest BCUT2D eigenvalue weighted by Crippen LogP contribution is -2.30. The smallest absolute Gasteiger partial charge is 0.272 e. The summed E-state index contributed by atoms with van der Waals surface area (Å²) in [5.74, 6) is -1.30. The summed E-state index contributed by atoms with van der Waals surface area (Å²) in [6.45, 7) is 1.44. The number of rotatable bonds is 11. The molecule has 248 valence electrons. The van der Waals surface area contributed by atoms with Gasteiger partial charge in [-0.25, -0.2) is 0 Å². The van der Waals surface area contributed by atoms with Crippen molar-refractivity contribution in [1.82, 2.24) is 10.3 Å². The minimum Gasteiger partial charge on any atom is -0.361 e. The Morgan fingerprint density at radius 1 is 0.660 bits per heavy atom. The maximum absolute atomic E-state index is 13.6. The number of amides is 4. The molecule has 4 amide bonds. The number of anilines is 3. The second-order valence-corrected chi connectivity index (χ2v) is 12.5. The highest BCUT2D eigenvalue weighted by Gasteiger charge is 2.23. The molecule has 10 heteroatoms. The number of H-pyrrole nitrogens is 1. The number of hydrogen-bond donors (Lipinski definition) is 5. The van der Waals surface area contributed by atoms with Crippen molar-refractivity contribution in [1.29, 1.82) is 0 Å². The third-order valence-electron chi connectivity index (χ3n) is 7.63. The van der Waals surface area contributed by atoms with Crippen molar-refractivity contribution in [3.63, 3.8) is 0 Å². The van der Waals surface area contributed by atoms with Crippen LogP contribution in [-0.4, -0.2) is 28.6 Å². The molecule has 0 radical (unpaired) electrons. The quantitative estimate of drug-likeness (QED) is 0.0699. The molecule has 1 atom stereocenters. The van der Waals surface area contributed by atoms with Crippen LogP contribution in [0.15, 0.2) is 150 Å². The first-order valence-electron chi connectivity index (χ1n) is 15.8. The molecule has 1 unspecified atom stereocenters. The Morgan fingerprint density at radius 2 is 1.24 bits per heavy atom. The van der Waals surface area contributed by atoms with Crippen LogP contribution >= 0.6 is 11.8 Å². The van der Waals surface area contributed by atoms with E-state index in [1.165, 1.54) is 18.7 Å². The number of carbonyl (C=O) groups is 4. The Hall–Kier alpha value is -6.39. The Kier molecular flexibility index (Phi) is 10.5. The topological polar surface area (TPSA) is 132 Å². The first-order chi connectivity index (χ1) is 24.3. The number of carbonyl (C=O) groups excluding carboxylic acids is 4. The molecule has 50 heavy (non-hydrogen) atoms. The van der Waals surface area contributed by atoms with Gasteiger partial charge in [0.15, 0.2) is 0 Å². The van der Waals surface area contributed by atoms with Gasteiger partial charge in [-0.2, -0.15) is 0 Å². The summed E-state index contributed by atoms with van der Waals surface area (Å²) in [5.41, 5.74) is 4.72. The molecular weight excluding hydrogens is 647 g/mol. The van der Waals surface area contributed by atoms with Gasteiger partial charge in [0.05, 0.1) is 0 Å². The van der Waals surface area contributed by atoms with Crippen LogP contribution in [0.5, 0.6) is 0 Å². The summed E-state index contributed by atoms with van der Waals surface area (Å²) < 4.78 is 0. The minimum atomic E-state index is -0.578. The van der Waals surface area contributed by atoms with Gasteiger partial charge in [0, 0.05) is 57.1 Å². The molecular formula is C40H33N5O4S. The molecule has 0 bridgehead atoms. The predicted molar refractivity (Wildman–Crippen MR) is 200 cm³/mol. The van der Waals surface area contributed by atoms with E-state index in [9.17, 15) is 19.2 Å². The van der Waals surface area contributed by atoms with Gasteiger partial charge in [0.1, 0.15) is 10.9 Å². The number of nitrogens with one attached hydrogen (secondary N) is 5. The summed E-state index contributed by atoms with van der Waals surface area (Å²) in [7, 11) is 0. The Bertz CT molecular complexity index is 2160. The summed E-state index contributed by atoms with van der Waals surface area (Å²) in [4.78, 5) is 55.7. The van der Waals surface area contributed by atoms with E-state index in [0.717, 1.165) is 26.9 Å². The molecule has 0 saturated carbocycles. The van der Waals surface area contributed by atoms with Crippen LogP contribution in [0.1, 0.15) is 33.7 Å². The number of thioether (sulfide) groups is 1. The summed E-state index contributed by atoms with van der Waals surface area (Å²) in [5, 5.41) is 11.7. The number of aromatic nitrogens is 1. The zero-order chi connectivity index (χ0) is 34.9. The molecule has 0 saturated heterocycles. The molecule has 0 fully saturated rings. The van der Waals surface area contributed by atoms with Gasteiger partial charge in [-0.05, 0) is 78.4 Å². The molecule has 0 aliphatic heterocycles. The molecule has 0 aliphatic carbocycles. The molecule has 6 rings (SSSR count). The molecule has 6 aromatic rings. The van der Waals surface area contributed by atoms with Crippen molar-refractivity contribution in [2.24, 2.45) is 0 Å². The van der Waals surface area contributed by atoms with Gasteiger partial charge in [-0.3, -0.25) is 19.2 Å². The second-order valence-electron chi connectivity index (χ2n) is 11.3. The minimum absolute atomic E-state index is 0.0768. The van der Waals surface area contributed by atoms with Crippen LogP contribution in [0, 0.1) is 0 Å². The van der Waals surface area contributed by atoms with E-state index in [0.29, 0.717) is 22.6 Å². The fourth-order valence-electron chi connectivity index (χ4n) is 5.21. The highest BCUT2D eigenvalue weighted by molar-refractivity contribution is 8.00. The van der Waals surface area contributed by atoms with Crippen LogP contribution in [-0.2, 0) is 14.4 Å². The monoisotopic (exact) mass is 679 g/mol. The maximum Gasteiger partial charge on any atom is 0.272 e. The molecule has 0 spiro atoms. The maximum atomic E-state index is 13.6. The second kappa shape index (κ2) is 15.7. The van der Waals surface area contributed by atoms with Crippen molar-refractivity contribution in [2.45, 2.75) is 17.1 Å². The first-order valence-corrected chi connectivity index (χ1v) is 16.7. The number of hydrogen-bond acceptors (Lipinski definition) is 5. The van der Waals surface area contributed by atoms with Gasteiger partial charge in [-0.1, -0.05) is 66.7 Å². The predicted octanol–water partition coefficient (Wildman–Crippen LogP) is 8.01. The van der Waals surface area contributed by atoms with E-state index in [2.05, 4.69) is 26.3 Å². The molecule has 1 heterocycles. The van der Waals surface area contributed by atoms with E-state index in [-0.39, 0.29) is 17.5 Å². The van der Waals surface area contributed by atoms with Crippen molar-refractivity contribution in [3.8, 4) is 0 Å². The van der Waals surface area contributed by atoms with Crippen molar-refractivity contribution < 1.29 is 19.2 Å². The Morgan fingerprint density at radius 3 is 1.92 bits per heavy atom. The molecule has 5 aromatic carbocycles. The standard InChI is InChI=1S/C40H33N5O4S/c1-26(46)42-30-16-18-31(19-17-30)44-40(49)37(27-10-4-2-5-11-27)50-33-22-20-32(21-23-33)43-39(48)36(45-38(47)28-12-6-3-7-13-28)24-29-25-41-35-15-9-8-14-34(29)35/h2-25,37,41H,1H3,(H,42,46)(H,43,48)(H,44,49)(H,45,47)/b36-24-. The number of fused-ring (bicyclic) bond motifs is 1. The number of para-hydroxylation sites is 1. The van der Waals surface area contributed by atoms with E-state index in [4.69, 9.17) is 0 Å². The van der Waals surface area contributed by atoms with E-state index >= 15 is 0 Å². The number of aromatic amines is 1. The van der Waals surface area contributed by atoms with Crippen molar-refractivity contribution in [3.05, 3.63) is 162 Å². The summed E-state index contributed by atoms with van der Waals surface area (Å²) in [6.07, 6.45) is 3.44. The van der Waals surface area contributed by atoms with Gasteiger partial charge >= 0.3 is 0 Å². The highest BCUT2D eigenvalue weighted by atomic mass is 32.2.